The van der Waals surface area contributed by atoms with Crippen LogP contribution in [0.1, 0.15) is 15.9 Å². The number of para-hydroxylation sites is 1. The molecule has 1 aromatic heterocycles. The van der Waals surface area contributed by atoms with Crippen molar-refractivity contribution in [3.05, 3.63) is 72.1 Å². The second-order valence-electron chi connectivity index (χ2n) is 5.45. The van der Waals surface area contributed by atoms with Crippen LogP contribution in [0.25, 0.3) is 0 Å². The topological polar surface area (TPSA) is 76.1 Å². The fraction of sp³-hybridized carbons (Fsp3) is 0.105. The Hall–Kier alpha value is -3.41. The molecule has 2 aromatic carbocycles. The number of methoxy groups -OCH3 is 1. The van der Waals surface area contributed by atoms with Gasteiger partial charge in [0.2, 0.25) is 0 Å². The predicted octanol–water partition coefficient (Wildman–Crippen LogP) is 4.06. The molecule has 0 aliphatic heterocycles. The highest BCUT2D eigenvalue weighted by Gasteiger charge is 2.11. The van der Waals surface area contributed by atoms with Crippen molar-refractivity contribution in [1.82, 2.24) is 9.97 Å². The molecule has 2 N–H and O–H groups in total. The Kier molecular flexibility index (Phi) is 4.89. The fourth-order valence-electron chi connectivity index (χ4n) is 2.38. The maximum absolute atomic E-state index is 11.9. The Labute approximate surface area is 145 Å². The zero-order chi connectivity index (χ0) is 17.6. The van der Waals surface area contributed by atoms with E-state index in [0.717, 1.165) is 11.3 Å². The lowest BCUT2D eigenvalue weighted by Crippen LogP contribution is -2.06. The van der Waals surface area contributed by atoms with E-state index in [4.69, 9.17) is 4.74 Å². The number of esters is 1. The van der Waals surface area contributed by atoms with E-state index in [1.807, 2.05) is 37.3 Å². The molecule has 3 rings (SSSR count). The van der Waals surface area contributed by atoms with Gasteiger partial charge in [0.15, 0.2) is 0 Å². The van der Waals surface area contributed by atoms with Gasteiger partial charge in [-0.25, -0.2) is 14.8 Å². The van der Waals surface area contributed by atoms with E-state index in [-0.39, 0.29) is 0 Å². The fourth-order valence-corrected chi connectivity index (χ4v) is 2.38. The first kappa shape index (κ1) is 16.4. The Morgan fingerprint density at radius 2 is 1.72 bits per heavy atom. The van der Waals surface area contributed by atoms with Gasteiger partial charge in [-0.05, 0) is 36.8 Å². The molecule has 126 valence electrons. The van der Waals surface area contributed by atoms with Crippen molar-refractivity contribution in [3.63, 3.8) is 0 Å². The molecule has 0 aliphatic carbocycles. The summed E-state index contributed by atoms with van der Waals surface area (Å²) in [6.45, 7) is 2.03. The van der Waals surface area contributed by atoms with Gasteiger partial charge in [0.25, 0.3) is 0 Å². The summed E-state index contributed by atoms with van der Waals surface area (Å²) in [5.74, 6) is 0.815. The highest BCUT2D eigenvalue weighted by Crippen LogP contribution is 2.22. The van der Waals surface area contributed by atoms with Crippen molar-refractivity contribution in [2.75, 3.05) is 17.7 Å². The molecule has 25 heavy (non-hydrogen) atoms. The zero-order valence-corrected chi connectivity index (χ0v) is 14.0. The predicted molar refractivity (Wildman–Crippen MR) is 97.6 cm³/mol. The maximum atomic E-state index is 11.9. The molecule has 0 saturated heterocycles. The van der Waals surface area contributed by atoms with Crippen LogP contribution in [-0.4, -0.2) is 23.0 Å². The third kappa shape index (κ3) is 4.11. The largest absolute Gasteiger partial charge is 0.465 e. The Bertz CT molecular complexity index is 896. The molecular weight excluding hydrogens is 316 g/mol. The standard InChI is InChI=1S/C19H18N4O2/c1-13-6-5-7-14(10-13)22-17-11-18(21-12-20-17)23-16-9-4-3-8-15(16)19(24)25-2/h3-12H,1-2H3,(H2,20,21,22,23). The highest BCUT2D eigenvalue weighted by molar-refractivity contribution is 5.96. The van der Waals surface area contributed by atoms with Gasteiger partial charge < -0.3 is 15.4 Å². The molecule has 3 aromatic rings. The second-order valence-corrected chi connectivity index (χ2v) is 5.45. The maximum Gasteiger partial charge on any atom is 0.339 e. The number of nitrogens with one attached hydrogen (secondary N) is 2. The van der Waals surface area contributed by atoms with Crippen LogP contribution in [0.5, 0.6) is 0 Å². The van der Waals surface area contributed by atoms with Crippen LogP contribution >= 0.6 is 0 Å². The number of carbonyl (C=O) groups is 1. The Balaban J connectivity index is 1.82. The summed E-state index contributed by atoms with van der Waals surface area (Å²) in [5.41, 5.74) is 3.16. The van der Waals surface area contributed by atoms with Gasteiger partial charge in [0, 0.05) is 11.8 Å². The molecule has 0 bridgehead atoms. The van der Waals surface area contributed by atoms with E-state index in [1.54, 1.807) is 24.3 Å². The van der Waals surface area contributed by atoms with Crippen molar-refractivity contribution >= 4 is 29.0 Å². The van der Waals surface area contributed by atoms with Crippen molar-refractivity contribution in [3.8, 4) is 0 Å². The van der Waals surface area contributed by atoms with E-state index >= 15 is 0 Å². The number of hydrogen-bond acceptors (Lipinski definition) is 6. The summed E-state index contributed by atoms with van der Waals surface area (Å²) in [5, 5.41) is 6.37. The minimum atomic E-state index is -0.407. The second kappa shape index (κ2) is 7.44. The number of aromatic nitrogens is 2. The Morgan fingerprint density at radius 1 is 0.960 bits per heavy atom. The lowest BCUT2D eigenvalue weighted by molar-refractivity contribution is 0.0602. The van der Waals surface area contributed by atoms with Crippen LogP contribution < -0.4 is 10.6 Å². The number of hydrogen-bond donors (Lipinski definition) is 2. The van der Waals surface area contributed by atoms with Crippen LogP contribution in [0.3, 0.4) is 0 Å². The number of benzene rings is 2. The molecule has 0 amide bonds. The molecule has 0 radical (unpaired) electrons. The summed E-state index contributed by atoms with van der Waals surface area (Å²) in [6.07, 6.45) is 1.46. The van der Waals surface area contributed by atoms with Crippen LogP contribution in [0.4, 0.5) is 23.0 Å². The summed E-state index contributed by atoms with van der Waals surface area (Å²) < 4.78 is 4.80. The highest BCUT2D eigenvalue weighted by atomic mass is 16.5. The molecule has 0 unspecified atom stereocenters. The van der Waals surface area contributed by atoms with E-state index in [2.05, 4.69) is 20.6 Å². The minimum absolute atomic E-state index is 0.407. The van der Waals surface area contributed by atoms with E-state index < -0.39 is 5.97 Å². The quantitative estimate of drug-likeness (QED) is 0.685. The zero-order valence-electron chi connectivity index (χ0n) is 14.0. The molecule has 0 atom stereocenters. The van der Waals surface area contributed by atoms with E-state index in [9.17, 15) is 4.79 Å². The van der Waals surface area contributed by atoms with Crippen molar-refractivity contribution in [2.24, 2.45) is 0 Å². The van der Waals surface area contributed by atoms with Gasteiger partial charge in [-0.1, -0.05) is 24.3 Å². The first-order chi connectivity index (χ1) is 12.2. The molecular formula is C19H18N4O2. The average Bonchev–Trinajstić information content (AvgIpc) is 2.62. The van der Waals surface area contributed by atoms with Gasteiger partial charge in [-0.15, -0.1) is 0 Å². The van der Waals surface area contributed by atoms with Crippen LogP contribution in [-0.2, 0) is 4.74 Å². The number of anilines is 4. The number of nitrogens with zero attached hydrogens (tertiary/aromatic N) is 2. The molecule has 0 saturated carbocycles. The van der Waals surface area contributed by atoms with E-state index in [0.29, 0.717) is 22.9 Å². The Morgan fingerprint density at radius 3 is 2.48 bits per heavy atom. The molecule has 0 spiro atoms. The summed E-state index contributed by atoms with van der Waals surface area (Å²) in [4.78, 5) is 20.3. The first-order valence-corrected chi connectivity index (χ1v) is 7.76. The van der Waals surface area contributed by atoms with Gasteiger partial charge in [-0.2, -0.15) is 0 Å². The van der Waals surface area contributed by atoms with Crippen LogP contribution in [0.15, 0.2) is 60.9 Å². The van der Waals surface area contributed by atoms with Crippen molar-refractivity contribution in [1.29, 1.82) is 0 Å². The molecule has 6 nitrogen and oxygen atoms in total. The van der Waals surface area contributed by atoms with Gasteiger partial charge in [0.1, 0.15) is 18.0 Å². The normalized spacial score (nSPS) is 10.2. The summed E-state index contributed by atoms with van der Waals surface area (Å²) >= 11 is 0. The third-order valence-electron chi connectivity index (χ3n) is 3.55. The van der Waals surface area contributed by atoms with Crippen LogP contribution in [0, 0.1) is 6.92 Å². The summed E-state index contributed by atoms with van der Waals surface area (Å²) in [6, 6.07) is 16.9. The number of rotatable bonds is 5. The number of aryl methyl sites for hydroxylation is 1. The average molecular weight is 334 g/mol. The first-order valence-electron chi connectivity index (χ1n) is 7.76. The molecule has 0 aliphatic rings. The molecule has 0 fully saturated rings. The third-order valence-corrected chi connectivity index (χ3v) is 3.55. The van der Waals surface area contributed by atoms with E-state index in [1.165, 1.54) is 13.4 Å². The molecule has 1 heterocycles. The van der Waals surface area contributed by atoms with Crippen LogP contribution in [0.2, 0.25) is 0 Å². The lowest BCUT2D eigenvalue weighted by atomic mass is 10.2. The van der Waals surface area contributed by atoms with Gasteiger partial charge >= 0.3 is 5.97 Å². The van der Waals surface area contributed by atoms with Crippen molar-refractivity contribution in [2.45, 2.75) is 6.92 Å². The van der Waals surface area contributed by atoms with Gasteiger partial charge in [0.05, 0.1) is 18.4 Å². The number of carbonyl (C=O) groups excluding carboxylic acids is 1. The SMILES string of the molecule is COC(=O)c1ccccc1Nc1cc(Nc2cccc(C)c2)ncn1. The van der Waals surface area contributed by atoms with Gasteiger partial charge in [-0.3, -0.25) is 0 Å². The van der Waals surface area contributed by atoms with Crippen molar-refractivity contribution < 1.29 is 9.53 Å². The number of ether oxygens (including phenoxy) is 1. The molecule has 6 heteroatoms. The minimum Gasteiger partial charge on any atom is -0.465 e. The smallest absolute Gasteiger partial charge is 0.339 e. The lowest BCUT2D eigenvalue weighted by Gasteiger charge is -2.11. The monoisotopic (exact) mass is 334 g/mol. The summed E-state index contributed by atoms with van der Waals surface area (Å²) in [7, 11) is 1.35.